The molecule has 0 aliphatic carbocycles. The van der Waals surface area contributed by atoms with Gasteiger partial charge in [0.2, 0.25) is 0 Å². The fraction of sp³-hybridized carbons (Fsp3) is 0. The van der Waals surface area contributed by atoms with Gasteiger partial charge in [-0.3, -0.25) is 0 Å². The molecule has 0 aliphatic rings. The smallest absolute Gasteiger partial charge is 0.164 e. The van der Waals surface area contributed by atoms with E-state index in [1.54, 1.807) is 0 Å². The van der Waals surface area contributed by atoms with Gasteiger partial charge in [0.1, 0.15) is 22.3 Å². The Balaban J connectivity index is 0.000000143. The molecule has 15 aromatic carbocycles. The zero-order chi connectivity index (χ0) is 71.4. The average Bonchev–Trinajstić information content (AvgIpc) is 1.55. The van der Waals surface area contributed by atoms with Gasteiger partial charge in [-0.05, 0) is 91.3 Å². The predicted octanol–water partition coefficient (Wildman–Crippen LogP) is 25.3. The van der Waals surface area contributed by atoms with E-state index in [9.17, 15) is 0 Å². The van der Waals surface area contributed by atoms with Crippen LogP contribution in [0.4, 0.5) is 0 Å². The third kappa shape index (κ3) is 11.6. The van der Waals surface area contributed by atoms with E-state index < -0.39 is 0 Å². The lowest BCUT2D eigenvalue weighted by atomic mass is 9.96. The molecular weight excluding hydrogens is 1320 g/mol. The van der Waals surface area contributed by atoms with Gasteiger partial charge in [-0.1, -0.05) is 328 Å². The van der Waals surface area contributed by atoms with Crippen LogP contribution >= 0.6 is 0 Å². The summed E-state index contributed by atoms with van der Waals surface area (Å²) in [4.78, 5) is 40.2. The topological polar surface area (TPSA) is 129 Å². The number of para-hydroxylation sites is 2. The fourth-order valence-corrected chi connectivity index (χ4v) is 14.9. The minimum atomic E-state index is 0.616. The SMILES string of the molecule is c1ccc(-c2ccc(-c3nc(-c4ccccc4)nc(-c4ccc(-c5ccc6nc(-c7cccc8ccccc78)c7c8ccccc8oc7c6c5)cc4)n3)cc2)cc1.c1ccc(-c2nc(-c3ccccc3)nc(-c3ccc(-c4ccc5nc(-c6cccc7ccccc67)c6c7ccccc7oc6c5c4)cc3)n2)cc1. The highest BCUT2D eigenvalue weighted by Gasteiger charge is 2.23. The van der Waals surface area contributed by atoms with E-state index in [1.165, 1.54) is 21.7 Å². The number of rotatable bonds is 11. The molecule has 10 nitrogen and oxygen atoms in total. The first-order valence-electron chi connectivity index (χ1n) is 36.0. The van der Waals surface area contributed by atoms with Gasteiger partial charge in [0.05, 0.1) is 33.2 Å². The Hall–Kier alpha value is -14.7. The highest BCUT2D eigenvalue weighted by atomic mass is 16.3. The third-order valence-electron chi connectivity index (χ3n) is 20.3. The van der Waals surface area contributed by atoms with E-state index >= 15 is 0 Å². The van der Waals surface area contributed by atoms with Crippen LogP contribution in [0, 0.1) is 0 Å². The maximum absolute atomic E-state index is 6.67. The Morgan fingerprint density at radius 1 is 0.176 bits per heavy atom. The van der Waals surface area contributed by atoms with Crippen LogP contribution in [0.15, 0.2) is 373 Å². The molecule has 0 saturated heterocycles. The molecule has 21 aromatic rings. The summed E-state index contributed by atoms with van der Waals surface area (Å²) in [6, 6.07) is 125. The molecule has 0 spiro atoms. The zero-order valence-corrected chi connectivity index (χ0v) is 58.0. The normalized spacial score (nSPS) is 11.5. The summed E-state index contributed by atoms with van der Waals surface area (Å²) in [5.41, 5.74) is 21.3. The average molecular weight is 1380 g/mol. The monoisotopic (exact) mass is 1380 g/mol. The first kappa shape index (κ1) is 63.0. The summed E-state index contributed by atoms with van der Waals surface area (Å²) < 4.78 is 13.3. The van der Waals surface area contributed by atoms with Crippen LogP contribution < -0.4 is 0 Å². The van der Waals surface area contributed by atoms with Crippen molar-refractivity contribution in [1.82, 2.24) is 39.9 Å². The highest BCUT2D eigenvalue weighted by molar-refractivity contribution is 6.23. The summed E-state index contributed by atoms with van der Waals surface area (Å²) in [6.07, 6.45) is 0. The minimum absolute atomic E-state index is 0.616. The molecule has 0 amide bonds. The molecule has 0 unspecified atom stereocenters. The molecule has 10 heteroatoms. The van der Waals surface area contributed by atoms with Gasteiger partial charge in [0.15, 0.2) is 34.9 Å². The van der Waals surface area contributed by atoms with Crippen molar-refractivity contribution in [3.63, 3.8) is 0 Å². The Kier molecular flexibility index (Phi) is 15.6. The number of nitrogens with zero attached hydrogens (tertiary/aromatic N) is 8. The van der Waals surface area contributed by atoms with E-state index in [-0.39, 0.29) is 0 Å². The lowest BCUT2D eigenvalue weighted by Gasteiger charge is -2.11. The van der Waals surface area contributed by atoms with E-state index in [0.717, 1.165) is 155 Å². The summed E-state index contributed by atoms with van der Waals surface area (Å²) in [5.74, 6) is 3.78. The molecule has 108 heavy (non-hydrogen) atoms. The van der Waals surface area contributed by atoms with Crippen molar-refractivity contribution in [2.75, 3.05) is 0 Å². The fourth-order valence-electron chi connectivity index (χ4n) is 14.9. The lowest BCUT2D eigenvalue weighted by molar-refractivity contribution is 0.672. The van der Waals surface area contributed by atoms with E-state index in [0.29, 0.717) is 34.9 Å². The summed E-state index contributed by atoms with van der Waals surface area (Å²) in [5, 5.41) is 10.8. The van der Waals surface area contributed by atoms with Gasteiger partial charge in [-0.25, -0.2) is 39.9 Å². The van der Waals surface area contributed by atoms with Crippen molar-refractivity contribution < 1.29 is 8.83 Å². The quantitative estimate of drug-likeness (QED) is 0.123. The number of fused-ring (bicyclic) bond motifs is 12. The number of aromatic nitrogens is 8. The number of hydrogen-bond donors (Lipinski definition) is 0. The minimum Gasteiger partial charge on any atom is -0.455 e. The molecule has 0 N–H and O–H groups in total. The van der Waals surface area contributed by atoms with Crippen molar-refractivity contribution in [3.05, 3.63) is 364 Å². The second kappa shape index (κ2) is 26.8. The zero-order valence-electron chi connectivity index (χ0n) is 58.0. The van der Waals surface area contributed by atoms with Crippen LogP contribution in [0.3, 0.4) is 0 Å². The van der Waals surface area contributed by atoms with Crippen molar-refractivity contribution in [1.29, 1.82) is 0 Å². The third-order valence-corrected chi connectivity index (χ3v) is 20.3. The van der Waals surface area contributed by atoms with Crippen molar-refractivity contribution >= 4 is 87.2 Å². The summed E-state index contributed by atoms with van der Waals surface area (Å²) in [6.45, 7) is 0. The number of pyridine rings is 2. The first-order valence-corrected chi connectivity index (χ1v) is 36.0. The van der Waals surface area contributed by atoms with Crippen LogP contribution in [0.25, 0.3) is 211 Å². The second-order valence-electron chi connectivity index (χ2n) is 26.9. The van der Waals surface area contributed by atoms with Crippen LogP contribution in [0.2, 0.25) is 0 Å². The Bertz CT molecular complexity index is 6940. The highest BCUT2D eigenvalue weighted by Crippen LogP contribution is 2.45. The Labute approximate surface area is 620 Å². The van der Waals surface area contributed by atoms with Gasteiger partial charge in [0.25, 0.3) is 0 Å². The maximum atomic E-state index is 6.67. The van der Waals surface area contributed by atoms with Gasteiger partial charge in [0, 0.05) is 66.1 Å². The maximum Gasteiger partial charge on any atom is 0.164 e. The van der Waals surface area contributed by atoms with E-state index in [2.05, 4.69) is 243 Å². The molecule has 6 aromatic heterocycles. The molecular formula is C98H60N8O2. The molecule has 0 bridgehead atoms. The standard InChI is InChI=1S/C52H32N4O.C46H28N4O/c1-3-12-33(13-4-1)34-22-26-38(27-23-34)51-54-50(37-15-5-2-6-16-37)55-52(56-51)39-28-24-35(25-29-39)40-30-31-45-44(32-40)49-47(43-19-9-10-21-46(43)57-49)48(53-45)42-20-11-17-36-14-7-8-18-41(36)42;1-3-13-31(14-4-1)44-48-45(32-15-5-2-6-16-32)50-46(49-44)33-24-22-29(23-25-33)34-26-27-39-38(28-34)43-41(37-19-9-10-21-40(37)51-43)42(47-39)36-20-11-17-30-12-7-8-18-35(30)36/h1-32H;1-28H. The van der Waals surface area contributed by atoms with Crippen LogP contribution in [-0.2, 0) is 0 Å². The molecule has 504 valence electrons. The number of furan rings is 2. The van der Waals surface area contributed by atoms with Crippen LogP contribution in [-0.4, -0.2) is 39.9 Å². The molecule has 6 heterocycles. The van der Waals surface area contributed by atoms with Crippen LogP contribution in [0.5, 0.6) is 0 Å². The summed E-state index contributed by atoms with van der Waals surface area (Å²) >= 11 is 0. The van der Waals surface area contributed by atoms with Gasteiger partial charge >= 0.3 is 0 Å². The Morgan fingerprint density at radius 2 is 0.435 bits per heavy atom. The summed E-state index contributed by atoms with van der Waals surface area (Å²) in [7, 11) is 0. The van der Waals surface area contributed by atoms with Crippen molar-refractivity contribution in [3.8, 4) is 124 Å². The van der Waals surface area contributed by atoms with E-state index in [4.69, 9.17) is 48.7 Å². The van der Waals surface area contributed by atoms with Gasteiger partial charge < -0.3 is 8.83 Å². The molecule has 0 aliphatic heterocycles. The Morgan fingerprint density at radius 3 is 0.796 bits per heavy atom. The molecule has 0 fully saturated rings. The second-order valence-corrected chi connectivity index (χ2v) is 26.9. The lowest BCUT2D eigenvalue weighted by Crippen LogP contribution is -2.00. The molecule has 0 saturated carbocycles. The van der Waals surface area contributed by atoms with Crippen LogP contribution in [0.1, 0.15) is 0 Å². The predicted molar refractivity (Wildman–Crippen MR) is 440 cm³/mol. The molecule has 0 radical (unpaired) electrons. The largest absolute Gasteiger partial charge is 0.455 e. The first-order chi connectivity index (χ1) is 53.5. The number of hydrogen-bond acceptors (Lipinski definition) is 10. The molecule has 0 atom stereocenters. The van der Waals surface area contributed by atoms with Gasteiger partial charge in [-0.15, -0.1) is 0 Å². The van der Waals surface area contributed by atoms with Crippen molar-refractivity contribution in [2.45, 2.75) is 0 Å². The molecule has 21 rings (SSSR count). The van der Waals surface area contributed by atoms with Gasteiger partial charge in [-0.2, -0.15) is 0 Å². The van der Waals surface area contributed by atoms with E-state index in [1.807, 2.05) is 121 Å². The van der Waals surface area contributed by atoms with Crippen molar-refractivity contribution in [2.24, 2.45) is 0 Å². The number of benzene rings is 15.